The number of primary amides is 1. The SMILES string of the molecule is [CH2]C(C)(C)[C@@H](OC(=O)C[C@@H](C)OCc1ccccc1)C(=O)NCCC(N)=O. The number of benzene rings is 1. The summed E-state index contributed by atoms with van der Waals surface area (Å²) in [6.07, 6.45) is -1.44. The van der Waals surface area contributed by atoms with Gasteiger partial charge in [0.05, 0.1) is 19.1 Å². The maximum absolute atomic E-state index is 12.3. The molecule has 0 aliphatic heterocycles. The van der Waals surface area contributed by atoms with Gasteiger partial charge >= 0.3 is 5.97 Å². The molecule has 7 nitrogen and oxygen atoms in total. The van der Waals surface area contributed by atoms with Crippen LogP contribution in [0.25, 0.3) is 0 Å². The zero-order valence-electron chi connectivity index (χ0n) is 16.2. The molecule has 0 aliphatic carbocycles. The highest BCUT2D eigenvalue weighted by molar-refractivity contribution is 5.85. The van der Waals surface area contributed by atoms with Crippen molar-refractivity contribution in [3.8, 4) is 0 Å². The van der Waals surface area contributed by atoms with E-state index >= 15 is 0 Å². The fourth-order valence-electron chi connectivity index (χ4n) is 2.26. The average Bonchev–Trinajstić information content (AvgIpc) is 2.57. The first kappa shape index (κ1) is 22.6. The van der Waals surface area contributed by atoms with Crippen LogP contribution < -0.4 is 11.1 Å². The highest BCUT2D eigenvalue weighted by Gasteiger charge is 2.35. The van der Waals surface area contributed by atoms with Gasteiger partial charge in [0.1, 0.15) is 0 Å². The summed E-state index contributed by atoms with van der Waals surface area (Å²) in [6, 6.07) is 9.61. The molecule has 149 valence electrons. The summed E-state index contributed by atoms with van der Waals surface area (Å²) >= 11 is 0. The molecule has 2 amide bonds. The Labute approximate surface area is 160 Å². The molecule has 3 N–H and O–H groups in total. The molecule has 0 unspecified atom stereocenters. The number of rotatable bonds is 11. The molecule has 0 aliphatic rings. The number of hydrogen-bond donors (Lipinski definition) is 2. The lowest BCUT2D eigenvalue weighted by Crippen LogP contribution is -2.46. The van der Waals surface area contributed by atoms with Crippen molar-refractivity contribution in [3.63, 3.8) is 0 Å². The van der Waals surface area contributed by atoms with Crippen LogP contribution in [0.5, 0.6) is 0 Å². The first-order valence-corrected chi connectivity index (χ1v) is 8.86. The minimum atomic E-state index is -1.08. The number of nitrogens with one attached hydrogen (secondary N) is 1. The lowest BCUT2D eigenvalue weighted by Gasteiger charge is -2.29. The Morgan fingerprint density at radius 1 is 1.22 bits per heavy atom. The molecule has 0 bridgehead atoms. The highest BCUT2D eigenvalue weighted by atomic mass is 16.6. The molecule has 2 atom stereocenters. The molecular weight excluding hydrogens is 348 g/mol. The van der Waals surface area contributed by atoms with Crippen molar-refractivity contribution in [1.82, 2.24) is 5.32 Å². The van der Waals surface area contributed by atoms with E-state index in [0.29, 0.717) is 6.61 Å². The van der Waals surface area contributed by atoms with E-state index in [0.717, 1.165) is 5.56 Å². The number of nitrogens with two attached hydrogens (primary N) is 1. The number of carbonyl (C=O) groups excluding carboxylic acids is 3. The second-order valence-corrected chi connectivity index (χ2v) is 7.18. The average molecular weight is 377 g/mol. The first-order chi connectivity index (χ1) is 12.6. The summed E-state index contributed by atoms with van der Waals surface area (Å²) < 4.78 is 11.0. The minimum absolute atomic E-state index is 0.00792. The van der Waals surface area contributed by atoms with Gasteiger partial charge in [-0.3, -0.25) is 14.4 Å². The Balaban J connectivity index is 2.52. The molecule has 0 spiro atoms. The molecule has 7 heteroatoms. The minimum Gasteiger partial charge on any atom is -0.452 e. The Hall–Kier alpha value is -2.41. The van der Waals surface area contributed by atoms with Crippen LogP contribution in [0.15, 0.2) is 30.3 Å². The van der Waals surface area contributed by atoms with Gasteiger partial charge in [0.15, 0.2) is 6.10 Å². The molecular formula is C20H29N2O5. The standard InChI is InChI=1S/C20H29N2O5/c1-14(26-13-15-8-6-5-7-9-15)12-17(24)27-18(20(2,3)4)19(25)22-11-10-16(21)23/h5-9,14,18H,2,10-13H2,1,3-4H3,(H2,21,23)(H,22,25)/t14-,18+/m1/s1. The van der Waals surface area contributed by atoms with Gasteiger partial charge in [0.25, 0.3) is 5.91 Å². The van der Waals surface area contributed by atoms with Crippen LogP contribution in [-0.2, 0) is 30.5 Å². The van der Waals surface area contributed by atoms with Gasteiger partial charge < -0.3 is 20.5 Å². The largest absolute Gasteiger partial charge is 0.452 e. The predicted octanol–water partition coefficient (Wildman–Crippen LogP) is 1.75. The smallest absolute Gasteiger partial charge is 0.309 e. The van der Waals surface area contributed by atoms with Gasteiger partial charge in [-0.1, -0.05) is 44.2 Å². The van der Waals surface area contributed by atoms with Crippen molar-refractivity contribution in [1.29, 1.82) is 0 Å². The fraction of sp³-hybridized carbons (Fsp3) is 0.500. The Morgan fingerprint density at radius 3 is 2.41 bits per heavy atom. The molecule has 1 aromatic rings. The van der Waals surface area contributed by atoms with Gasteiger partial charge in [0.2, 0.25) is 5.91 Å². The Kier molecular flexibility index (Phi) is 8.94. The highest BCUT2D eigenvalue weighted by Crippen LogP contribution is 2.23. The Bertz CT molecular complexity index is 625. The van der Waals surface area contributed by atoms with E-state index in [2.05, 4.69) is 12.2 Å². The van der Waals surface area contributed by atoms with Crippen molar-refractivity contribution in [2.45, 2.75) is 52.4 Å². The van der Waals surface area contributed by atoms with Crippen LogP contribution >= 0.6 is 0 Å². The lowest BCUT2D eigenvalue weighted by atomic mass is 9.88. The third-order valence-corrected chi connectivity index (χ3v) is 3.70. The topological polar surface area (TPSA) is 108 Å². The summed E-state index contributed by atoms with van der Waals surface area (Å²) in [5.41, 5.74) is 5.20. The van der Waals surface area contributed by atoms with Crippen LogP contribution in [0.3, 0.4) is 0 Å². The van der Waals surface area contributed by atoms with Crippen molar-refractivity contribution >= 4 is 17.8 Å². The molecule has 0 aromatic heterocycles. The van der Waals surface area contributed by atoms with Gasteiger partial charge in [-0.25, -0.2) is 0 Å². The van der Waals surface area contributed by atoms with Gasteiger partial charge in [-0.05, 0) is 19.4 Å². The lowest BCUT2D eigenvalue weighted by molar-refractivity contribution is -0.163. The monoisotopic (exact) mass is 377 g/mol. The quantitative estimate of drug-likeness (QED) is 0.571. The van der Waals surface area contributed by atoms with Crippen LogP contribution in [0, 0.1) is 12.3 Å². The zero-order valence-corrected chi connectivity index (χ0v) is 16.2. The van der Waals surface area contributed by atoms with E-state index in [1.165, 1.54) is 0 Å². The van der Waals surface area contributed by atoms with Gasteiger partial charge in [0, 0.05) is 18.4 Å². The summed E-state index contributed by atoms with van der Waals surface area (Å²) in [4.78, 5) is 35.3. The molecule has 0 saturated heterocycles. The van der Waals surface area contributed by atoms with Crippen molar-refractivity contribution in [2.75, 3.05) is 6.54 Å². The van der Waals surface area contributed by atoms with E-state index in [4.69, 9.17) is 15.2 Å². The first-order valence-electron chi connectivity index (χ1n) is 8.86. The summed E-state index contributed by atoms with van der Waals surface area (Å²) in [7, 11) is 0. The second kappa shape index (κ2) is 10.7. The third-order valence-electron chi connectivity index (χ3n) is 3.70. The van der Waals surface area contributed by atoms with E-state index in [1.807, 2.05) is 30.3 Å². The molecule has 0 fully saturated rings. The van der Waals surface area contributed by atoms with Gasteiger partial charge in [-0.2, -0.15) is 0 Å². The third kappa shape index (κ3) is 9.19. The van der Waals surface area contributed by atoms with Crippen molar-refractivity contribution in [3.05, 3.63) is 42.8 Å². The molecule has 1 radical (unpaired) electrons. The van der Waals surface area contributed by atoms with Crippen LogP contribution in [0.1, 0.15) is 39.2 Å². The second-order valence-electron chi connectivity index (χ2n) is 7.18. The number of carbonyl (C=O) groups is 3. The summed E-state index contributed by atoms with van der Waals surface area (Å²) in [6.45, 7) is 9.48. The Morgan fingerprint density at radius 2 is 1.85 bits per heavy atom. The van der Waals surface area contributed by atoms with E-state index in [9.17, 15) is 14.4 Å². The van der Waals surface area contributed by atoms with Crippen LogP contribution in [0.4, 0.5) is 0 Å². The van der Waals surface area contributed by atoms with Crippen LogP contribution in [-0.4, -0.2) is 36.5 Å². The zero-order chi connectivity index (χ0) is 20.4. The van der Waals surface area contributed by atoms with Crippen molar-refractivity contribution < 1.29 is 23.9 Å². The molecule has 1 aromatic carbocycles. The van der Waals surface area contributed by atoms with E-state index in [1.54, 1.807) is 20.8 Å². The number of amides is 2. The molecule has 27 heavy (non-hydrogen) atoms. The maximum atomic E-state index is 12.3. The van der Waals surface area contributed by atoms with E-state index < -0.39 is 29.3 Å². The molecule has 1 rings (SSSR count). The number of ether oxygens (including phenoxy) is 2. The fourth-order valence-corrected chi connectivity index (χ4v) is 2.26. The summed E-state index contributed by atoms with van der Waals surface area (Å²) in [5.74, 6) is -1.59. The maximum Gasteiger partial charge on any atom is 0.309 e. The summed E-state index contributed by atoms with van der Waals surface area (Å²) in [5, 5.41) is 2.54. The van der Waals surface area contributed by atoms with Gasteiger partial charge in [-0.15, -0.1) is 0 Å². The predicted molar refractivity (Wildman–Crippen MR) is 101 cm³/mol. The number of esters is 1. The van der Waals surface area contributed by atoms with Crippen LogP contribution in [0.2, 0.25) is 0 Å². The van der Waals surface area contributed by atoms with E-state index in [-0.39, 0.29) is 25.5 Å². The van der Waals surface area contributed by atoms with Crippen molar-refractivity contribution in [2.24, 2.45) is 11.1 Å². The molecule has 0 saturated carbocycles. The number of hydrogen-bond acceptors (Lipinski definition) is 5. The normalized spacial score (nSPS) is 13.5. The molecule has 0 heterocycles.